The molecular weight excluding hydrogens is 334 g/mol. The average molecular weight is 352 g/mol. The molecule has 0 radical (unpaired) electrons. The lowest BCUT2D eigenvalue weighted by molar-refractivity contribution is -0.0202. The molecule has 1 aliphatic heterocycles. The molecule has 1 N–H and O–H groups in total. The second-order valence-corrected chi connectivity index (χ2v) is 6.73. The maximum absolute atomic E-state index is 10.1. The van der Waals surface area contributed by atoms with Crippen LogP contribution >= 0.6 is 15.9 Å². The third-order valence-corrected chi connectivity index (χ3v) is 4.20. The van der Waals surface area contributed by atoms with Gasteiger partial charge in [-0.2, -0.15) is 0 Å². The van der Waals surface area contributed by atoms with E-state index in [1.165, 1.54) is 0 Å². The maximum Gasteiger partial charge on any atom is 0.247 e. The molecule has 0 bridgehead atoms. The molecule has 1 aromatic heterocycles. The molecular formula is C15H18BrN3O2. The van der Waals surface area contributed by atoms with Crippen LogP contribution in [0.4, 0.5) is 0 Å². The molecule has 3 rings (SSSR count). The summed E-state index contributed by atoms with van der Waals surface area (Å²) < 4.78 is 6.73. The first kappa shape index (κ1) is 14.7. The van der Waals surface area contributed by atoms with Crippen molar-refractivity contribution >= 4 is 15.9 Å². The van der Waals surface area contributed by atoms with E-state index < -0.39 is 5.60 Å². The highest BCUT2D eigenvalue weighted by Crippen LogP contribution is 2.23. The number of benzene rings is 1. The number of β-amino-alcohol motifs (C(OH)–C–C–N with tert-alkyl or cyclic N) is 1. The summed E-state index contributed by atoms with van der Waals surface area (Å²) >= 11 is 3.40. The lowest BCUT2D eigenvalue weighted by atomic mass is 9.95. The van der Waals surface area contributed by atoms with Gasteiger partial charge in [-0.1, -0.05) is 15.9 Å². The van der Waals surface area contributed by atoms with Gasteiger partial charge in [-0.15, -0.1) is 10.2 Å². The number of hydrogen-bond donors (Lipinski definition) is 1. The van der Waals surface area contributed by atoms with Crippen LogP contribution in [0, 0.1) is 0 Å². The van der Waals surface area contributed by atoms with Crippen LogP contribution in [0.1, 0.15) is 25.7 Å². The molecule has 5 nitrogen and oxygen atoms in total. The summed E-state index contributed by atoms with van der Waals surface area (Å²) in [4.78, 5) is 2.16. The standard InChI is InChI=1S/C15H18BrN3O2/c1-15(20)7-2-8-19(10-15)9-13-17-18-14(21-13)11-3-5-12(16)6-4-11/h3-6,20H,2,7-10H2,1H3. The second kappa shape index (κ2) is 5.87. The van der Waals surface area contributed by atoms with E-state index in [0.29, 0.717) is 24.9 Å². The van der Waals surface area contributed by atoms with Crippen molar-refractivity contribution in [3.63, 3.8) is 0 Å². The van der Waals surface area contributed by atoms with E-state index in [0.717, 1.165) is 29.4 Å². The third-order valence-electron chi connectivity index (χ3n) is 3.67. The molecule has 0 saturated carbocycles. The van der Waals surface area contributed by atoms with Crippen molar-refractivity contribution in [2.24, 2.45) is 0 Å². The Morgan fingerprint density at radius 2 is 2.10 bits per heavy atom. The second-order valence-electron chi connectivity index (χ2n) is 5.82. The van der Waals surface area contributed by atoms with Crippen molar-refractivity contribution < 1.29 is 9.52 Å². The molecule has 1 atom stereocenters. The van der Waals surface area contributed by atoms with Gasteiger partial charge >= 0.3 is 0 Å². The molecule has 1 aliphatic rings. The molecule has 6 heteroatoms. The summed E-state index contributed by atoms with van der Waals surface area (Å²) in [5, 5.41) is 18.3. The Morgan fingerprint density at radius 1 is 1.33 bits per heavy atom. The van der Waals surface area contributed by atoms with Gasteiger partial charge in [0.2, 0.25) is 11.8 Å². The van der Waals surface area contributed by atoms with Crippen molar-refractivity contribution in [1.29, 1.82) is 0 Å². The number of likely N-dealkylation sites (tertiary alicyclic amines) is 1. The Kier molecular flexibility index (Phi) is 4.10. The lowest BCUT2D eigenvalue weighted by Gasteiger charge is -2.35. The molecule has 21 heavy (non-hydrogen) atoms. The van der Waals surface area contributed by atoms with Gasteiger partial charge in [0.05, 0.1) is 12.1 Å². The molecule has 2 aromatic rings. The Hall–Kier alpha value is -1.24. The smallest absolute Gasteiger partial charge is 0.247 e. The predicted molar refractivity (Wildman–Crippen MR) is 82.6 cm³/mol. The molecule has 1 aromatic carbocycles. The molecule has 1 saturated heterocycles. The number of piperidine rings is 1. The fourth-order valence-corrected chi connectivity index (χ4v) is 2.94. The Labute approximate surface area is 132 Å². The van der Waals surface area contributed by atoms with Crippen molar-refractivity contribution in [3.8, 4) is 11.5 Å². The van der Waals surface area contributed by atoms with Crippen LogP contribution in [-0.2, 0) is 6.54 Å². The highest BCUT2D eigenvalue weighted by Gasteiger charge is 2.29. The Morgan fingerprint density at radius 3 is 2.81 bits per heavy atom. The number of rotatable bonds is 3. The van der Waals surface area contributed by atoms with Crippen LogP contribution in [0.25, 0.3) is 11.5 Å². The van der Waals surface area contributed by atoms with Crippen molar-refractivity contribution in [2.75, 3.05) is 13.1 Å². The molecule has 0 spiro atoms. The monoisotopic (exact) mass is 351 g/mol. The summed E-state index contributed by atoms with van der Waals surface area (Å²) in [6, 6.07) is 7.77. The van der Waals surface area contributed by atoms with Gasteiger partial charge in [-0.05, 0) is 50.6 Å². The van der Waals surface area contributed by atoms with E-state index in [1.807, 2.05) is 31.2 Å². The lowest BCUT2D eigenvalue weighted by Crippen LogP contribution is -2.45. The quantitative estimate of drug-likeness (QED) is 0.920. The minimum Gasteiger partial charge on any atom is -0.419 e. The largest absolute Gasteiger partial charge is 0.419 e. The molecule has 2 heterocycles. The minimum absolute atomic E-state index is 0.529. The van der Waals surface area contributed by atoms with Crippen molar-refractivity contribution in [1.82, 2.24) is 15.1 Å². The van der Waals surface area contributed by atoms with E-state index in [9.17, 15) is 5.11 Å². The van der Waals surface area contributed by atoms with Crippen molar-refractivity contribution in [3.05, 3.63) is 34.6 Å². The molecule has 1 fully saturated rings. The van der Waals surface area contributed by atoms with Gasteiger partial charge in [-0.3, -0.25) is 4.90 Å². The average Bonchev–Trinajstić information content (AvgIpc) is 2.87. The Balaban J connectivity index is 1.69. The number of halogens is 1. The van der Waals surface area contributed by atoms with Gasteiger partial charge in [0, 0.05) is 16.6 Å². The first-order chi connectivity index (χ1) is 10.0. The van der Waals surface area contributed by atoms with E-state index in [-0.39, 0.29) is 0 Å². The van der Waals surface area contributed by atoms with Gasteiger partial charge in [0.15, 0.2) is 0 Å². The van der Waals surface area contributed by atoms with Gasteiger partial charge in [0.1, 0.15) is 0 Å². The fourth-order valence-electron chi connectivity index (χ4n) is 2.68. The topological polar surface area (TPSA) is 62.4 Å². The molecule has 0 aliphatic carbocycles. The van der Waals surface area contributed by atoms with E-state index in [2.05, 4.69) is 31.0 Å². The highest BCUT2D eigenvalue weighted by atomic mass is 79.9. The number of aromatic nitrogens is 2. The first-order valence-electron chi connectivity index (χ1n) is 7.05. The van der Waals surface area contributed by atoms with Crippen LogP contribution in [0.3, 0.4) is 0 Å². The summed E-state index contributed by atoms with van der Waals surface area (Å²) in [6.07, 6.45) is 1.83. The normalized spacial score (nSPS) is 23.4. The van der Waals surface area contributed by atoms with Crippen LogP contribution < -0.4 is 0 Å². The number of nitrogens with zero attached hydrogens (tertiary/aromatic N) is 3. The summed E-state index contributed by atoms with van der Waals surface area (Å²) in [5.74, 6) is 1.12. The maximum atomic E-state index is 10.1. The zero-order valence-electron chi connectivity index (χ0n) is 11.9. The summed E-state index contributed by atoms with van der Waals surface area (Å²) in [5.41, 5.74) is 0.287. The van der Waals surface area contributed by atoms with Crippen LogP contribution in [0.5, 0.6) is 0 Å². The van der Waals surface area contributed by atoms with E-state index >= 15 is 0 Å². The molecule has 112 valence electrons. The van der Waals surface area contributed by atoms with Gasteiger partial charge < -0.3 is 9.52 Å². The Bertz CT molecular complexity index is 610. The molecule has 1 unspecified atom stereocenters. The van der Waals surface area contributed by atoms with Gasteiger partial charge in [0.25, 0.3) is 0 Å². The van der Waals surface area contributed by atoms with Gasteiger partial charge in [-0.25, -0.2) is 0 Å². The third kappa shape index (κ3) is 3.70. The fraction of sp³-hybridized carbons (Fsp3) is 0.467. The van der Waals surface area contributed by atoms with Crippen LogP contribution in [-0.4, -0.2) is 38.9 Å². The number of aliphatic hydroxyl groups is 1. The van der Waals surface area contributed by atoms with E-state index in [1.54, 1.807) is 0 Å². The minimum atomic E-state index is -0.618. The van der Waals surface area contributed by atoms with Crippen molar-refractivity contribution in [2.45, 2.75) is 31.9 Å². The van der Waals surface area contributed by atoms with Crippen LogP contribution in [0.15, 0.2) is 33.2 Å². The first-order valence-corrected chi connectivity index (χ1v) is 7.84. The van der Waals surface area contributed by atoms with Crippen LogP contribution in [0.2, 0.25) is 0 Å². The van der Waals surface area contributed by atoms with E-state index in [4.69, 9.17) is 4.42 Å². The summed E-state index contributed by atoms with van der Waals surface area (Å²) in [6.45, 7) is 4.05. The SMILES string of the molecule is CC1(O)CCCN(Cc2nnc(-c3ccc(Br)cc3)o2)C1. The zero-order valence-corrected chi connectivity index (χ0v) is 13.5. The summed E-state index contributed by atoms with van der Waals surface area (Å²) in [7, 11) is 0. The molecule has 0 amide bonds. The number of hydrogen-bond acceptors (Lipinski definition) is 5. The predicted octanol–water partition coefficient (Wildman–Crippen LogP) is 2.85. The highest BCUT2D eigenvalue weighted by molar-refractivity contribution is 9.10. The zero-order chi connectivity index (χ0) is 14.9.